The number of rotatable bonds is 7. The van der Waals surface area contributed by atoms with Crippen LogP contribution < -0.4 is 4.74 Å². The Balaban J connectivity index is 2.51. The van der Waals surface area contributed by atoms with Gasteiger partial charge < -0.3 is 19.5 Å². The number of carbonyl (C=O) groups excluding carboxylic acids is 1. The van der Waals surface area contributed by atoms with Crippen molar-refractivity contribution in [2.45, 2.75) is 19.1 Å². The second kappa shape index (κ2) is 8.24. The van der Waals surface area contributed by atoms with Crippen molar-refractivity contribution >= 4 is 21.8 Å². The molecular weight excluding hydrogens is 326 g/mol. The number of halogens is 1. The summed E-state index contributed by atoms with van der Waals surface area (Å²) < 4.78 is 11.3. The highest BCUT2D eigenvalue weighted by Crippen LogP contribution is 2.17. The minimum atomic E-state index is -0.700. The van der Waals surface area contributed by atoms with Crippen molar-refractivity contribution in [1.29, 1.82) is 0 Å². The fourth-order valence-electron chi connectivity index (χ4n) is 1.73. The molecule has 1 aromatic carbocycles. The molecule has 112 valence electrons. The van der Waals surface area contributed by atoms with Gasteiger partial charge in [0.25, 0.3) is 5.91 Å². The molecular formula is C14H20BrNO4. The molecule has 0 saturated heterocycles. The molecule has 0 spiro atoms. The van der Waals surface area contributed by atoms with E-state index in [2.05, 4.69) is 15.9 Å². The third-order valence-corrected chi connectivity index (χ3v) is 3.22. The number of ether oxygens (including phenoxy) is 2. The van der Waals surface area contributed by atoms with E-state index in [1.54, 1.807) is 26.1 Å². The van der Waals surface area contributed by atoms with Gasteiger partial charge in [0.05, 0.1) is 12.7 Å². The van der Waals surface area contributed by atoms with Crippen LogP contribution in [0.1, 0.15) is 6.92 Å². The lowest BCUT2D eigenvalue weighted by molar-refractivity contribution is -0.138. The maximum absolute atomic E-state index is 12.1. The van der Waals surface area contributed by atoms with Gasteiger partial charge in [-0.15, -0.1) is 0 Å². The second-order valence-electron chi connectivity index (χ2n) is 4.54. The number of hydrogen-bond acceptors (Lipinski definition) is 4. The van der Waals surface area contributed by atoms with Crippen molar-refractivity contribution in [2.75, 3.05) is 27.3 Å². The van der Waals surface area contributed by atoms with E-state index in [0.29, 0.717) is 5.75 Å². The number of amides is 1. The first kappa shape index (κ1) is 16.9. The number of benzene rings is 1. The Morgan fingerprint density at radius 2 is 2.00 bits per heavy atom. The lowest BCUT2D eigenvalue weighted by atomic mass is 10.3. The normalized spacial score (nSPS) is 13.7. The Morgan fingerprint density at radius 3 is 2.55 bits per heavy atom. The van der Waals surface area contributed by atoms with Gasteiger partial charge in [0.1, 0.15) is 5.75 Å². The summed E-state index contributed by atoms with van der Waals surface area (Å²) in [6.07, 6.45) is -1.32. The van der Waals surface area contributed by atoms with Gasteiger partial charge in [-0.3, -0.25) is 4.79 Å². The number of hydrogen-bond donors (Lipinski definition) is 1. The largest absolute Gasteiger partial charge is 0.481 e. The molecule has 1 rings (SSSR count). The molecule has 0 saturated carbocycles. The Hall–Kier alpha value is -1.11. The monoisotopic (exact) mass is 345 g/mol. The molecule has 2 unspecified atom stereocenters. The number of nitrogens with zero attached hydrogens (tertiary/aromatic N) is 1. The minimum absolute atomic E-state index is 0.192. The predicted molar refractivity (Wildman–Crippen MR) is 79.8 cm³/mol. The quantitative estimate of drug-likeness (QED) is 0.816. The highest BCUT2D eigenvalue weighted by atomic mass is 79.9. The first-order valence-electron chi connectivity index (χ1n) is 6.28. The lowest BCUT2D eigenvalue weighted by Crippen LogP contribution is -2.42. The maximum Gasteiger partial charge on any atom is 0.263 e. The average molecular weight is 346 g/mol. The van der Waals surface area contributed by atoms with Gasteiger partial charge in [-0.05, 0) is 31.2 Å². The van der Waals surface area contributed by atoms with Crippen molar-refractivity contribution < 1.29 is 19.4 Å². The van der Waals surface area contributed by atoms with Gasteiger partial charge >= 0.3 is 0 Å². The molecule has 0 aliphatic carbocycles. The van der Waals surface area contributed by atoms with Crippen molar-refractivity contribution in [2.24, 2.45) is 0 Å². The minimum Gasteiger partial charge on any atom is -0.481 e. The Bertz CT molecular complexity index is 424. The van der Waals surface area contributed by atoms with Crippen LogP contribution >= 0.6 is 15.9 Å². The van der Waals surface area contributed by atoms with Crippen molar-refractivity contribution in [1.82, 2.24) is 4.90 Å². The molecule has 20 heavy (non-hydrogen) atoms. The van der Waals surface area contributed by atoms with E-state index >= 15 is 0 Å². The van der Waals surface area contributed by atoms with Crippen LogP contribution in [0.5, 0.6) is 5.75 Å². The van der Waals surface area contributed by atoms with Crippen molar-refractivity contribution in [3.63, 3.8) is 0 Å². The summed E-state index contributed by atoms with van der Waals surface area (Å²) in [5.74, 6) is 0.433. The van der Waals surface area contributed by atoms with E-state index in [-0.39, 0.29) is 19.1 Å². The molecule has 6 heteroatoms. The van der Waals surface area contributed by atoms with E-state index in [4.69, 9.17) is 9.47 Å². The highest BCUT2D eigenvalue weighted by Gasteiger charge is 2.21. The SMILES string of the molecule is COCC(O)CN(C)C(=O)C(C)Oc1ccc(Br)cc1. The lowest BCUT2D eigenvalue weighted by Gasteiger charge is -2.24. The zero-order valence-corrected chi connectivity index (χ0v) is 13.5. The molecule has 0 fully saturated rings. The molecule has 0 aliphatic heterocycles. The molecule has 0 aromatic heterocycles. The van der Waals surface area contributed by atoms with Crippen LogP contribution in [0.15, 0.2) is 28.7 Å². The van der Waals surface area contributed by atoms with Crippen LogP contribution in [0.4, 0.5) is 0 Å². The van der Waals surface area contributed by atoms with Crippen LogP contribution in [0.2, 0.25) is 0 Å². The Morgan fingerprint density at radius 1 is 1.40 bits per heavy atom. The number of carbonyl (C=O) groups is 1. The van der Waals surface area contributed by atoms with Crippen molar-refractivity contribution in [3.05, 3.63) is 28.7 Å². The number of methoxy groups -OCH3 is 1. The fourth-order valence-corrected chi connectivity index (χ4v) is 1.99. The third-order valence-electron chi connectivity index (χ3n) is 2.69. The van der Waals surface area contributed by atoms with Crippen LogP contribution in [0.3, 0.4) is 0 Å². The summed E-state index contributed by atoms with van der Waals surface area (Å²) >= 11 is 3.34. The summed E-state index contributed by atoms with van der Waals surface area (Å²) in [5, 5.41) is 9.61. The van der Waals surface area contributed by atoms with Crippen molar-refractivity contribution in [3.8, 4) is 5.75 Å². The Labute approximate surface area is 127 Å². The first-order chi connectivity index (χ1) is 9.43. The highest BCUT2D eigenvalue weighted by molar-refractivity contribution is 9.10. The van der Waals surface area contributed by atoms with E-state index < -0.39 is 12.2 Å². The number of likely N-dealkylation sites (N-methyl/N-ethyl adjacent to an activating group) is 1. The molecule has 0 bridgehead atoms. The topological polar surface area (TPSA) is 59.0 Å². The number of aliphatic hydroxyl groups is 1. The molecule has 1 N–H and O–H groups in total. The van der Waals surface area contributed by atoms with E-state index in [1.165, 1.54) is 12.0 Å². The van der Waals surface area contributed by atoms with E-state index in [1.807, 2.05) is 12.1 Å². The fraction of sp³-hybridized carbons (Fsp3) is 0.500. The van der Waals surface area contributed by atoms with Crippen LogP contribution in [-0.4, -0.2) is 55.4 Å². The molecule has 0 radical (unpaired) electrons. The summed E-state index contributed by atoms with van der Waals surface area (Å²) in [6.45, 7) is 2.09. The van der Waals surface area contributed by atoms with Gasteiger partial charge in [0, 0.05) is 25.2 Å². The molecule has 1 amide bonds. The van der Waals surface area contributed by atoms with Gasteiger partial charge in [-0.25, -0.2) is 0 Å². The summed E-state index contributed by atoms with van der Waals surface area (Å²) in [4.78, 5) is 13.5. The van der Waals surface area contributed by atoms with Crippen LogP contribution in [0, 0.1) is 0 Å². The zero-order chi connectivity index (χ0) is 15.1. The first-order valence-corrected chi connectivity index (χ1v) is 7.07. The zero-order valence-electron chi connectivity index (χ0n) is 11.9. The molecule has 2 atom stereocenters. The van der Waals surface area contributed by atoms with Gasteiger partial charge in [-0.2, -0.15) is 0 Å². The molecule has 0 aliphatic rings. The molecule has 1 aromatic rings. The summed E-state index contributed by atoms with van der Waals surface area (Å²) in [5.41, 5.74) is 0. The van der Waals surface area contributed by atoms with E-state index in [9.17, 15) is 9.90 Å². The van der Waals surface area contributed by atoms with E-state index in [0.717, 1.165) is 4.47 Å². The number of aliphatic hydroxyl groups excluding tert-OH is 1. The predicted octanol–water partition coefficient (Wildman–Crippen LogP) is 1.68. The molecule has 5 nitrogen and oxygen atoms in total. The summed E-state index contributed by atoms with van der Waals surface area (Å²) in [6, 6.07) is 7.26. The summed E-state index contributed by atoms with van der Waals surface area (Å²) in [7, 11) is 3.13. The van der Waals surface area contributed by atoms with Gasteiger partial charge in [0.2, 0.25) is 0 Å². The smallest absolute Gasteiger partial charge is 0.263 e. The third kappa shape index (κ3) is 5.48. The van der Waals surface area contributed by atoms with Gasteiger partial charge in [-0.1, -0.05) is 15.9 Å². The standard InChI is InChI=1S/C14H20BrNO4/c1-10(20-13-6-4-11(15)5-7-13)14(18)16(2)8-12(17)9-19-3/h4-7,10,12,17H,8-9H2,1-3H3. The molecule has 0 heterocycles. The second-order valence-corrected chi connectivity index (χ2v) is 5.46. The maximum atomic E-state index is 12.1. The Kier molecular flexibility index (Phi) is 6.98. The van der Waals surface area contributed by atoms with Crippen LogP contribution in [0.25, 0.3) is 0 Å². The van der Waals surface area contributed by atoms with Gasteiger partial charge in [0.15, 0.2) is 6.10 Å². The average Bonchev–Trinajstić information content (AvgIpc) is 2.40. The van der Waals surface area contributed by atoms with Crippen LogP contribution in [-0.2, 0) is 9.53 Å².